The van der Waals surface area contributed by atoms with Crippen molar-refractivity contribution >= 4 is 52.4 Å². The first-order valence-electron chi connectivity index (χ1n) is 10.9. The van der Waals surface area contributed by atoms with Gasteiger partial charge in [0.2, 0.25) is 0 Å². The van der Waals surface area contributed by atoms with Gasteiger partial charge in [0.15, 0.2) is 0 Å². The number of rotatable bonds is 11. The number of hydrogen-bond acceptors (Lipinski definition) is 10. The quantitative estimate of drug-likeness (QED) is 0.0401. The van der Waals surface area contributed by atoms with E-state index >= 15 is 0 Å². The van der Waals surface area contributed by atoms with Crippen LogP contribution in [0.15, 0.2) is 47.6 Å². The number of esters is 2. The third-order valence-electron chi connectivity index (χ3n) is 5.04. The van der Waals surface area contributed by atoms with Gasteiger partial charge in [-0.3, -0.25) is 9.46 Å². The molecule has 1 fully saturated rings. The Morgan fingerprint density at radius 2 is 1.92 bits per heavy atom. The van der Waals surface area contributed by atoms with Crippen molar-refractivity contribution in [2.45, 2.75) is 12.8 Å². The Balaban J connectivity index is 1.72. The van der Waals surface area contributed by atoms with E-state index in [1.165, 1.54) is 18.2 Å². The minimum Gasteiger partial charge on any atom is -0.426 e. The number of benzene rings is 2. The average molecular weight is 568 g/mol. The summed E-state index contributed by atoms with van der Waals surface area (Å²) in [5, 5.41) is 11.2. The Kier molecular flexibility index (Phi) is 10.3. The first-order chi connectivity index (χ1) is 17.7. The van der Waals surface area contributed by atoms with Crippen LogP contribution in [0.1, 0.15) is 23.2 Å². The van der Waals surface area contributed by atoms with E-state index in [0.717, 1.165) is 5.30 Å². The van der Waals surface area contributed by atoms with E-state index < -0.39 is 22.4 Å². The van der Waals surface area contributed by atoms with Crippen molar-refractivity contribution in [1.29, 1.82) is 0 Å². The fourth-order valence-electron chi connectivity index (χ4n) is 3.27. The van der Waals surface area contributed by atoms with Gasteiger partial charge in [0.25, 0.3) is 5.09 Å². The molecule has 13 nitrogen and oxygen atoms in total. The summed E-state index contributed by atoms with van der Waals surface area (Å²) in [6.07, 6.45) is -0.161. The Hall–Kier alpha value is -3.19. The standard InChI is InChI=1S/C21H22N5O8PS2/c22-24-23-15-3-8-19(34-20(27)2-1-11-32-26(29)30)18(14-15)21(28)33-16-4-6-17(7-5-16)35(36,37)25-9-12-31-13-10-25/h3-8,14H,1-2,9-13H2,(H,36,37). The van der Waals surface area contributed by atoms with E-state index in [-0.39, 0.29) is 42.2 Å². The van der Waals surface area contributed by atoms with Crippen LogP contribution in [0.5, 0.6) is 11.5 Å². The maximum absolute atomic E-state index is 12.9. The zero-order valence-corrected chi connectivity index (χ0v) is 21.9. The maximum atomic E-state index is 12.9. The summed E-state index contributed by atoms with van der Waals surface area (Å²) >= 11 is 10.5. The number of azide groups is 1. The second-order valence-corrected chi connectivity index (χ2v) is 13.8. The lowest BCUT2D eigenvalue weighted by Crippen LogP contribution is -2.35. The lowest BCUT2D eigenvalue weighted by Gasteiger charge is -2.34. The van der Waals surface area contributed by atoms with Crippen LogP contribution in [-0.4, -0.2) is 54.6 Å². The Morgan fingerprint density at radius 3 is 2.57 bits per heavy atom. The molecule has 2 aromatic rings. The Bertz CT molecular complexity index is 1250. The molecular formula is C21H22N5O8PS2. The van der Waals surface area contributed by atoms with Crippen molar-refractivity contribution in [3.8, 4) is 11.5 Å². The predicted octanol–water partition coefficient (Wildman–Crippen LogP) is 3.94. The minimum atomic E-state index is -2.30. The minimum absolute atomic E-state index is 0.0331. The molecule has 37 heavy (non-hydrogen) atoms. The van der Waals surface area contributed by atoms with E-state index in [4.69, 9.17) is 43.8 Å². The molecule has 1 unspecified atom stereocenters. The number of carbonyl (C=O) groups is 2. The molecule has 0 N–H and O–H groups in total. The third-order valence-corrected chi connectivity index (χ3v) is 9.96. The third kappa shape index (κ3) is 8.15. The van der Waals surface area contributed by atoms with Crippen LogP contribution in [-0.2, 0) is 26.2 Å². The first kappa shape index (κ1) is 28.4. The van der Waals surface area contributed by atoms with Crippen LogP contribution in [0.25, 0.3) is 10.4 Å². The van der Waals surface area contributed by atoms with Crippen LogP contribution in [0.3, 0.4) is 0 Å². The number of ether oxygens (including phenoxy) is 3. The molecule has 1 heterocycles. The van der Waals surface area contributed by atoms with Gasteiger partial charge in [-0.2, -0.15) is 0 Å². The topological polar surface area (TPSA) is 166 Å². The van der Waals surface area contributed by atoms with Gasteiger partial charge < -0.3 is 19.0 Å². The fourth-order valence-corrected chi connectivity index (χ4v) is 6.63. The number of nitrogens with zero attached hydrogens (tertiary/aromatic N) is 5. The summed E-state index contributed by atoms with van der Waals surface area (Å²) < 4.78 is 18.2. The van der Waals surface area contributed by atoms with Crippen LogP contribution in [0.4, 0.5) is 5.69 Å². The highest BCUT2D eigenvalue weighted by molar-refractivity contribution is 8.65. The zero-order chi connectivity index (χ0) is 26.8. The molecule has 0 spiro atoms. The molecular weight excluding hydrogens is 545 g/mol. The van der Waals surface area contributed by atoms with E-state index in [2.05, 4.69) is 19.5 Å². The van der Waals surface area contributed by atoms with Crippen LogP contribution in [0, 0.1) is 10.1 Å². The predicted molar refractivity (Wildman–Crippen MR) is 140 cm³/mol. The highest BCUT2D eigenvalue weighted by Gasteiger charge is 2.26. The highest BCUT2D eigenvalue weighted by atomic mass is 32.9. The molecule has 0 bridgehead atoms. The van der Waals surface area contributed by atoms with Gasteiger partial charge in [0.05, 0.1) is 25.2 Å². The Labute approximate surface area is 221 Å². The summed E-state index contributed by atoms with van der Waals surface area (Å²) in [6, 6.07) is 10.5. The molecule has 0 saturated carbocycles. The van der Waals surface area contributed by atoms with Crippen molar-refractivity contribution in [2.75, 3.05) is 32.9 Å². The number of morpholine rings is 1. The van der Waals surface area contributed by atoms with Gasteiger partial charge in [-0.1, -0.05) is 16.9 Å². The smallest absolute Gasteiger partial charge is 0.347 e. The molecule has 1 aliphatic heterocycles. The summed E-state index contributed by atoms with van der Waals surface area (Å²) in [7, 11) is 0. The van der Waals surface area contributed by atoms with Crippen molar-refractivity contribution in [3.05, 3.63) is 68.6 Å². The van der Waals surface area contributed by atoms with E-state index in [0.29, 0.717) is 26.3 Å². The molecule has 0 radical (unpaired) electrons. The molecule has 0 aliphatic carbocycles. The van der Waals surface area contributed by atoms with Gasteiger partial charge >= 0.3 is 11.9 Å². The molecule has 16 heteroatoms. The second kappa shape index (κ2) is 13.4. The summed E-state index contributed by atoms with van der Waals surface area (Å²) in [6.45, 7) is 2.26. The molecule has 196 valence electrons. The molecule has 0 aromatic heterocycles. The SMILES string of the molecule is [N-]=[N+]=Nc1ccc(OC(=O)CCCO[N+](=O)[O-])c(C(=O)Oc2ccc(P(=S)(S)N3CCOCC3)cc2)c1. The molecule has 0 amide bonds. The van der Waals surface area contributed by atoms with Crippen molar-refractivity contribution in [2.24, 2.45) is 5.11 Å². The zero-order valence-electron chi connectivity index (χ0n) is 19.3. The lowest BCUT2D eigenvalue weighted by atomic mass is 10.1. The molecule has 3 rings (SSSR count). The van der Waals surface area contributed by atoms with Gasteiger partial charge in [-0.25, -0.2) is 4.79 Å². The average Bonchev–Trinajstić information content (AvgIpc) is 2.88. The largest absolute Gasteiger partial charge is 0.426 e. The van der Waals surface area contributed by atoms with Crippen molar-refractivity contribution in [3.63, 3.8) is 0 Å². The van der Waals surface area contributed by atoms with Crippen LogP contribution >= 0.6 is 17.6 Å². The number of hydrogen-bond donors (Lipinski definition) is 1. The van der Waals surface area contributed by atoms with Gasteiger partial charge in [-0.05, 0) is 54.4 Å². The highest BCUT2D eigenvalue weighted by Crippen LogP contribution is 2.53. The maximum Gasteiger partial charge on any atom is 0.347 e. The lowest BCUT2D eigenvalue weighted by molar-refractivity contribution is -0.757. The number of thiol groups is 1. The normalized spacial score (nSPS) is 15.1. The first-order valence-corrected chi connectivity index (χ1v) is 14.8. The van der Waals surface area contributed by atoms with Gasteiger partial charge in [0, 0.05) is 35.4 Å². The van der Waals surface area contributed by atoms with E-state index in [1.807, 2.05) is 0 Å². The molecule has 1 saturated heterocycles. The second-order valence-electron chi connectivity index (χ2n) is 7.50. The summed E-state index contributed by atoms with van der Waals surface area (Å²) in [5.74, 6) is -1.52. The fraction of sp³-hybridized carbons (Fsp3) is 0.333. The van der Waals surface area contributed by atoms with Gasteiger partial charge in [0.1, 0.15) is 17.1 Å². The molecule has 2 aromatic carbocycles. The van der Waals surface area contributed by atoms with Crippen molar-refractivity contribution in [1.82, 2.24) is 4.67 Å². The van der Waals surface area contributed by atoms with Crippen molar-refractivity contribution < 1.29 is 33.7 Å². The summed E-state index contributed by atoms with van der Waals surface area (Å²) in [5.41, 5.74) is 8.67. The molecule has 1 aliphatic rings. The molecule has 1 atom stereocenters. The van der Waals surface area contributed by atoms with E-state index in [9.17, 15) is 19.7 Å². The van der Waals surface area contributed by atoms with Crippen LogP contribution in [0.2, 0.25) is 0 Å². The van der Waals surface area contributed by atoms with Gasteiger partial charge in [-0.15, -0.1) is 22.4 Å². The van der Waals surface area contributed by atoms with Crippen LogP contribution < -0.4 is 14.8 Å². The summed E-state index contributed by atoms with van der Waals surface area (Å²) in [4.78, 5) is 42.1. The Morgan fingerprint density at radius 1 is 1.22 bits per heavy atom. The number of carbonyl (C=O) groups excluding carboxylic acids is 2. The van der Waals surface area contributed by atoms with E-state index in [1.54, 1.807) is 24.3 Å². The monoisotopic (exact) mass is 567 g/mol.